The van der Waals surface area contributed by atoms with Crippen molar-refractivity contribution in [3.63, 3.8) is 0 Å². The van der Waals surface area contributed by atoms with E-state index < -0.39 is 0 Å². The van der Waals surface area contributed by atoms with Crippen molar-refractivity contribution in [3.05, 3.63) is 58.6 Å². The number of benzene rings is 1. The van der Waals surface area contributed by atoms with Crippen LogP contribution >= 0.6 is 11.3 Å². The maximum Gasteiger partial charge on any atom is 0.185 e. The van der Waals surface area contributed by atoms with Crippen molar-refractivity contribution in [2.45, 2.75) is 44.7 Å². The number of aromatic nitrogens is 3. The van der Waals surface area contributed by atoms with Gasteiger partial charge in [-0.1, -0.05) is 12.1 Å². The van der Waals surface area contributed by atoms with Gasteiger partial charge in [-0.2, -0.15) is 5.10 Å². The third-order valence-electron chi connectivity index (χ3n) is 5.70. The van der Waals surface area contributed by atoms with Crippen LogP contribution in [-0.2, 0) is 13.0 Å². The molecule has 2 aliphatic rings. The van der Waals surface area contributed by atoms with E-state index in [9.17, 15) is 4.39 Å². The average molecular weight is 398 g/mol. The molecule has 2 aromatic heterocycles. The molecular formula is C21H24FN5S. The van der Waals surface area contributed by atoms with Gasteiger partial charge in [0, 0.05) is 48.0 Å². The summed E-state index contributed by atoms with van der Waals surface area (Å²) in [5.74, 6) is -0.234. The quantitative estimate of drug-likeness (QED) is 0.700. The Morgan fingerprint density at radius 3 is 2.86 bits per heavy atom. The molecule has 5 nitrogen and oxygen atoms in total. The summed E-state index contributed by atoms with van der Waals surface area (Å²) in [5, 5.41) is 9.34. The molecule has 1 aromatic carbocycles. The van der Waals surface area contributed by atoms with Crippen LogP contribution < -0.4 is 10.2 Å². The zero-order valence-electron chi connectivity index (χ0n) is 15.8. The van der Waals surface area contributed by atoms with Crippen LogP contribution in [0.2, 0.25) is 0 Å². The lowest BCUT2D eigenvalue weighted by Gasteiger charge is -2.24. The molecule has 7 heteroatoms. The van der Waals surface area contributed by atoms with Crippen LogP contribution in [0.1, 0.15) is 47.9 Å². The predicted molar refractivity (Wildman–Crippen MR) is 110 cm³/mol. The summed E-state index contributed by atoms with van der Waals surface area (Å²) in [5.41, 5.74) is 2.84. The summed E-state index contributed by atoms with van der Waals surface area (Å²) >= 11 is 1.79. The van der Waals surface area contributed by atoms with E-state index in [0.29, 0.717) is 5.69 Å². The largest absolute Gasteiger partial charge is 0.348 e. The Labute approximate surface area is 168 Å². The number of hydrogen-bond donors (Lipinski definition) is 1. The van der Waals surface area contributed by atoms with E-state index in [1.54, 1.807) is 28.2 Å². The lowest BCUT2D eigenvalue weighted by atomic mass is 9.93. The Kier molecular flexibility index (Phi) is 4.86. The van der Waals surface area contributed by atoms with Crippen LogP contribution in [0, 0.1) is 5.82 Å². The Hall–Kier alpha value is -2.25. The van der Waals surface area contributed by atoms with Gasteiger partial charge in [-0.3, -0.25) is 0 Å². The summed E-state index contributed by atoms with van der Waals surface area (Å²) in [7, 11) is 0. The standard InChI is InChI=1S/C21H24FN5S/c22-17-6-1-2-8-20(17)27-19-9-5-7-18(16(19)14-25-27)23-12-15-13-24-21(28-15)26-10-3-4-11-26/h1-2,6,8,13-14,18,23H,3-5,7,9-12H2/t18-/m1/s1. The number of hydrogen-bond acceptors (Lipinski definition) is 5. The lowest BCUT2D eigenvalue weighted by Crippen LogP contribution is -2.24. The summed E-state index contributed by atoms with van der Waals surface area (Å²) in [6.45, 7) is 3.06. The minimum Gasteiger partial charge on any atom is -0.348 e. The third kappa shape index (κ3) is 3.33. The number of thiazole rings is 1. The van der Waals surface area contributed by atoms with Crippen LogP contribution in [0.25, 0.3) is 5.69 Å². The summed E-state index contributed by atoms with van der Waals surface area (Å²) in [6, 6.07) is 7.10. The van der Waals surface area contributed by atoms with Gasteiger partial charge < -0.3 is 10.2 Å². The summed E-state index contributed by atoms with van der Waals surface area (Å²) < 4.78 is 16.0. The van der Waals surface area contributed by atoms with Gasteiger partial charge in [0.2, 0.25) is 0 Å². The normalized spacial score (nSPS) is 19.2. The molecule has 0 bridgehead atoms. The van der Waals surface area contributed by atoms with E-state index in [2.05, 4.69) is 20.3 Å². The maximum absolute atomic E-state index is 14.2. The van der Waals surface area contributed by atoms with Gasteiger partial charge in [0.25, 0.3) is 0 Å². The third-order valence-corrected chi connectivity index (χ3v) is 6.76. The van der Waals surface area contributed by atoms with Crippen molar-refractivity contribution in [1.82, 2.24) is 20.1 Å². The van der Waals surface area contributed by atoms with Gasteiger partial charge in [0.15, 0.2) is 5.13 Å². The molecule has 5 rings (SSSR count). The van der Waals surface area contributed by atoms with Crippen molar-refractivity contribution >= 4 is 16.5 Å². The van der Waals surface area contributed by atoms with Crippen LogP contribution in [0.15, 0.2) is 36.7 Å². The van der Waals surface area contributed by atoms with E-state index >= 15 is 0 Å². The van der Waals surface area contributed by atoms with Crippen LogP contribution in [-0.4, -0.2) is 27.9 Å². The Morgan fingerprint density at radius 1 is 1.14 bits per heavy atom. The molecule has 3 aromatic rings. The van der Waals surface area contributed by atoms with E-state index in [-0.39, 0.29) is 11.9 Å². The van der Waals surface area contributed by atoms with Gasteiger partial charge in [-0.05, 0) is 44.2 Å². The molecule has 3 heterocycles. The monoisotopic (exact) mass is 397 g/mol. The molecule has 0 saturated carbocycles. The average Bonchev–Trinajstić information content (AvgIpc) is 3.46. The molecule has 0 radical (unpaired) electrons. The molecule has 0 spiro atoms. The minimum atomic E-state index is -0.234. The first kappa shape index (κ1) is 17.8. The number of nitrogens with one attached hydrogen (secondary N) is 1. The van der Waals surface area contributed by atoms with E-state index in [1.807, 2.05) is 18.5 Å². The highest BCUT2D eigenvalue weighted by Crippen LogP contribution is 2.32. The van der Waals surface area contributed by atoms with Crippen molar-refractivity contribution in [3.8, 4) is 5.69 Å². The van der Waals surface area contributed by atoms with Crippen LogP contribution in [0.5, 0.6) is 0 Å². The molecule has 1 fully saturated rings. The van der Waals surface area contributed by atoms with Gasteiger partial charge >= 0.3 is 0 Å². The number of nitrogens with zero attached hydrogens (tertiary/aromatic N) is 4. The molecule has 146 valence electrons. The fraction of sp³-hybridized carbons (Fsp3) is 0.429. The first-order chi connectivity index (χ1) is 13.8. The van der Waals surface area contributed by atoms with Crippen LogP contribution in [0.4, 0.5) is 9.52 Å². The summed E-state index contributed by atoms with van der Waals surface area (Å²) in [4.78, 5) is 8.25. The van der Waals surface area contributed by atoms with Gasteiger partial charge in [-0.15, -0.1) is 11.3 Å². The molecule has 28 heavy (non-hydrogen) atoms. The molecule has 0 amide bonds. The first-order valence-electron chi connectivity index (χ1n) is 10.0. The second kappa shape index (κ2) is 7.64. The molecule has 1 atom stereocenters. The van der Waals surface area contributed by atoms with Crippen molar-refractivity contribution < 1.29 is 4.39 Å². The van der Waals surface area contributed by atoms with Gasteiger partial charge in [0.05, 0.1) is 6.20 Å². The molecule has 1 aliphatic carbocycles. The second-order valence-electron chi connectivity index (χ2n) is 7.54. The van der Waals surface area contributed by atoms with Crippen molar-refractivity contribution in [1.29, 1.82) is 0 Å². The fourth-order valence-electron chi connectivity index (χ4n) is 4.26. The molecule has 0 unspecified atom stereocenters. The zero-order chi connectivity index (χ0) is 18.9. The molecule has 1 saturated heterocycles. The fourth-order valence-corrected chi connectivity index (χ4v) is 5.17. The van der Waals surface area contributed by atoms with E-state index in [4.69, 9.17) is 0 Å². The molecule has 1 aliphatic heterocycles. The van der Waals surface area contributed by atoms with Gasteiger partial charge in [-0.25, -0.2) is 14.1 Å². The van der Waals surface area contributed by atoms with E-state index in [0.717, 1.165) is 49.7 Å². The van der Waals surface area contributed by atoms with E-state index in [1.165, 1.54) is 29.3 Å². The maximum atomic E-state index is 14.2. The van der Waals surface area contributed by atoms with Crippen molar-refractivity contribution in [2.75, 3.05) is 18.0 Å². The molecular weight excluding hydrogens is 373 g/mol. The molecule has 1 N–H and O–H groups in total. The number of halogens is 1. The lowest BCUT2D eigenvalue weighted by molar-refractivity contribution is 0.455. The number of rotatable bonds is 5. The smallest absolute Gasteiger partial charge is 0.185 e. The highest BCUT2D eigenvalue weighted by Gasteiger charge is 2.25. The predicted octanol–water partition coefficient (Wildman–Crippen LogP) is 4.24. The topological polar surface area (TPSA) is 46.0 Å². The number of para-hydroxylation sites is 1. The van der Waals surface area contributed by atoms with Crippen LogP contribution in [0.3, 0.4) is 0 Å². The zero-order valence-corrected chi connectivity index (χ0v) is 16.6. The van der Waals surface area contributed by atoms with Crippen molar-refractivity contribution in [2.24, 2.45) is 0 Å². The highest BCUT2D eigenvalue weighted by atomic mass is 32.1. The Bertz CT molecular complexity index is 959. The highest BCUT2D eigenvalue weighted by molar-refractivity contribution is 7.15. The SMILES string of the molecule is Fc1ccccc1-n1ncc2c1CCC[C@H]2NCc1cnc(N2CCCC2)s1. The number of anilines is 1. The number of fused-ring (bicyclic) bond motifs is 1. The first-order valence-corrected chi connectivity index (χ1v) is 10.9. The Balaban J connectivity index is 1.31. The van der Waals surface area contributed by atoms with Gasteiger partial charge in [0.1, 0.15) is 11.5 Å². The summed E-state index contributed by atoms with van der Waals surface area (Å²) in [6.07, 6.45) is 9.52. The minimum absolute atomic E-state index is 0.234. The Morgan fingerprint density at radius 2 is 2.00 bits per heavy atom. The second-order valence-corrected chi connectivity index (χ2v) is 8.63.